The summed E-state index contributed by atoms with van der Waals surface area (Å²) < 4.78 is 2.48. The summed E-state index contributed by atoms with van der Waals surface area (Å²) in [6.07, 6.45) is 6.19. The molecule has 5 aromatic carbocycles. The molecule has 0 radical (unpaired) electrons. The molecule has 0 amide bonds. The van der Waals surface area contributed by atoms with Gasteiger partial charge in [0.2, 0.25) is 0 Å². The average Bonchev–Trinajstić information content (AvgIpc) is 3.47. The van der Waals surface area contributed by atoms with Crippen LogP contribution in [0.15, 0.2) is 140 Å². The molecule has 1 aromatic heterocycles. The van der Waals surface area contributed by atoms with Crippen molar-refractivity contribution in [1.29, 1.82) is 0 Å². The molecule has 0 saturated heterocycles. The molecule has 0 unspecified atom stereocenters. The third-order valence-corrected chi connectivity index (χ3v) is 10.3. The number of hydrogen-bond donors (Lipinski definition) is 0. The number of para-hydroxylation sites is 3. The van der Waals surface area contributed by atoms with Crippen LogP contribution in [-0.4, -0.2) is 4.57 Å². The molecule has 1 aliphatic carbocycles. The molecule has 0 atom stereocenters. The standard InChI is InChI=1S/C43H38N2/c1-7-8-21-33-28(2)31-26-32-39(27-35(31)42(33,3)4)45(30-19-13-10-14-20-30)37-24-25-38-41(40(32)37)43(5,6)34-22-15-16-23-36(34)44(38)29-17-11-9-12-18-29/h7-27H,1H2,2-6H3/b21-8-. The molecule has 0 fully saturated rings. The van der Waals surface area contributed by atoms with E-state index in [1.807, 2.05) is 6.08 Å². The smallest absolute Gasteiger partial charge is 0.0545 e. The highest BCUT2D eigenvalue weighted by molar-refractivity contribution is 6.15. The predicted octanol–water partition coefficient (Wildman–Crippen LogP) is 11.7. The zero-order valence-electron chi connectivity index (χ0n) is 26.7. The minimum absolute atomic E-state index is 0.118. The number of aromatic nitrogens is 1. The number of anilines is 3. The van der Waals surface area contributed by atoms with Crippen molar-refractivity contribution in [2.45, 2.75) is 45.4 Å². The number of rotatable bonds is 4. The van der Waals surface area contributed by atoms with Crippen molar-refractivity contribution in [2.75, 3.05) is 4.90 Å². The van der Waals surface area contributed by atoms with Crippen LogP contribution in [0.5, 0.6) is 0 Å². The molecule has 0 saturated carbocycles. The second-order valence-electron chi connectivity index (χ2n) is 13.5. The second kappa shape index (κ2) is 9.71. The number of nitrogens with zero attached hydrogens (tertiary/aromatic N) is 2. The first-order chi connectivity index (χ1) is 21.7. The van der Waals surface area contributed by atoms with Crippen molar-refractivity contribution >= 4 is 44.4 Å². The largest absolute Gasteiger partial charge is 0.310 e. The van der Waals surface area contributed by atoms with Crippen LogP contribution in [0, 0.1) is 0 Å². The quantitative estimate of drug-likeness (QED) is 0.188. The van der Waals surface area contributed by atoms with E-state index in [-0.39, 0.29) is 10.8 Å². The van der Waals surface area contributed by atoms with E-state index >= 15 is 0 Å². The van der Waals surface area contributed by atoms with Crippen LogP contribution < -0.4 is 4.90 Å². The van der Waals surface area contributed by atoms with E-state index in [0.29, 0.717) is 0 Å². The van der Waals surface area contributed by atoms with Gasteiger partial charge in [-0.3, -0.25) is 0 Å². The molecular formula is C43H38N2. The molecule has 0 N–H and O–H groups in total. The van der Waals surface area contributed by atoms with Crippen LogP contribution >= 0.6 is 0 Å². The zero-order valence-corrected chi connectivity index (χ0v) is 26.7. The Hall–Kier alpha value is -5.08. The van der Waals surface area contributed by atoms with Gasteiger partial charge in [-0.25, -0.2) is 0 Å². The lowest BCUT2D eigenvalue weighted by Crippen LogP contribution is -2.30. The molecule has 220 valence electrons. The van der Waals surface area contributed by atoms with Gasteiger partial charge in [-0.1, -0.05) is 107 Å². The number of hydrogen-bond acceptors (Lipinski definition) is 1. The van der Waals surface area contributed by atoms with E-state index in [0.717, 1.165) is 0 Å². The Morgan fingerprint density at radius 3 is 2.02 bits per heavy atom. The number of fused-ring (bicyclic) bond motifs is 7. The van der Waals surface area contributed by atoms with Crippen molar-refractivity contribution in [3.63, 3.8) is 0 Å². The molecule has 8 rings (SSSR count). The SMILES string of the molecule is C=C/C=C\C1=C(C)c2cc3c4c5c(ccc4n(-c4ccccc4)c3cc2C1(C)C)N(c1ccccc1)c1ccccc1C5(C)C. The highest BCUT2D eigenvalue weighted by Crippen LogP contribution is 2.56. The maximum Gasteiger partial charge on any atom is 0.0545 e. The third kappa shape index (κ3) is 3.75. The predicted molar refractivity (Wildman–Crippen MR) is 193 cm³/mol. The molecule has 2 heteroatoms. The van der Waals surface area contributed by atoms with Crippen molar-refractivity contribution in [3.8, 4) is 5.69 Å². The lowest BCUT2D eigenvalue weighted by atomic mass is 9.72. The second-order valence-corrected chi connectivity index (χ2v) is 13.5. The van der Waals surface area contributed by atoms with Gasteiger partial charge in [-0.15, -0.1) is 0 Å². The first-order valence-electron chi connectivity index (χ1n) is 15.9. The summed E-state index contributed by atoms with van der Waals surface area (Å²) in [5.74, 6) is 0. The maximum atomic E-state index is 3.94. The lowest BCUT2D eigenvalue weighted by molar-refractivity contribution is 0.638. The van der Waals surface area contributed by atoms with Crippen molar-refractivity contribution in [1.82, 2.24) is 4.57 Å². The van der Waals surface area contributed by atoms with Gasteiger partial charge in [-0.2, -0.15) is 0 Å². The van der Waals surface area contributed by atoms with Crippen LogP contribution in [0.4, 0.5) is 17.1 Å². The Morgan fingerprint density at radius 2 is 1.31 bits per heavy atom. The van der Waals surface area contributed by atoms with Gasteiger partial charge in [0.25, 0.3) is 0 Å². The van der Waals surface area contributed by atoms with Gasteiger partial charge in [0.15, 0.2) is 0 Å². The minimum atomic E-state index is -0.229. The molecule has 1 aliphatic heterocycles. The van der Waals surface area contributed by atoms with E-state index in [1.165, 1.54) is 78.0 Å². The minimum Gasteiger partial charge on any atom is -0.310 e. The molecule has 45 heavy (non-hydrogen) atoms. The van der Waals surface area contributed by atoms with Gasteiger partial charge in [0, 0.05) is 33.0 Å². The summed E-state index contributed by atoms with van der Waals surface area (Å²) in [5, 5.41) is 2.63. The molecule has 0 bridgehead atoms. The third-order valence-electron chi connectivity index (χ3n) is 10.3. The first-order valence-corrected chi connectivity index (χ1v) is 15.9. The Kier molecular flexibility index (Phi) is 5.93. The lowest BCUT2D eigenvalue weighted by Gasteiger charge is -2.42. The molecule has 6 aromatic rings. The van der Waals surface area contributed by atoms with Crippen LogP contribution in [-0.2, 0) is 10.8 Å². The summed E-state index contributed by atoms with van der Waals surface area (Å²) >= 11 is 0. The normalized spacial score (nSPS) is 16.3. The highest BCUT2D eigenvalue weighted by atomic mass is 15.2. The molecule has 0 spiro atoms. The summed E-state index contributed by atoms with van der Waals surface area (Å²) in [4.78, 5) is 2.46. The average molecular weight is 583 g/mol. The van der Waals surface area contributed by atoms with Crippen molar-refractivity contribution in [3.05, 3.63) is 162 Å². The van der Waals surface area contributed by atoms with Gasteiger partial charge >= 0.3 is 0 Å². The van der Waals surface area contributed by atoms with Gasteiger partial charge in [-0.05, 0) is 94.9 Å². The molecular weight excluding hydrogens is 544 g/mol. The molecule has 2 nitrogen and oxygen atoms in total. The fraction of sp³-hybridized carbons (Fsp3) is 0.163. The number of allylic oxidation sites excluding steroid dienone is 5. The molecule has 2 aliphatic rings. The van der Waals surface area contributed by atoms with E-state index in [2.05, 4.69) is 172 Å². The van der Waals surface area contributed by atoms with E-state index < -0.39 is 0 Å². The summed E-state index contributed by atoms with van der Waals surface area (Å²) in [7, 11) is 0. The molecule has 2 heterocycles. The van der Waals surface area contributed by atoms with E-state index in [9.17, 15) is 0 Å². The fourth-order valence-corrected chi connectivity index (χ4v) is 8.22. The zero-order chi connectivity index (χ0) is 31.1. The summed E-state index contributed by atoms with van der Waals surface area (Å²) in [6.45, 7) is 15.7. The topological polar surface area (TPSA) is 8.17 Å². The van der Waals surface area contributed by atoms with Gasteiger partial charge in [0.05, 0.1) is 22.4 Å². The van der Waals surface area contributed by atoms with Gasteiger partial charge < -0.3 is 9.47 Å². The van der Waals surface area contributed by atoms with E-state index in [1.54, 1.807) is 0 Å². The van der Waals surface area contributed by atoms with Crippen molar-refractivity contribution < 1.29 is 0 Å². The first kappa shape index (κ1) is 27.5. The Balaban J connectivity index is 1.54. The van der Waals surface area contributed by atoms with Crippen LogP contribution in [0.2, 0.25) is 0 Å². The Morgan fingerprint density at radius 1 is 0.644 bits per heavy atom. The Bertz CT molecular complexity index is 2220. The monoisotopic (exact) mass is 582 g/mol. The number of benzene rings is 5. The fourth-order valence-electron chi connectivity index (χ4n) is 8.22. The van der Waals surface area contributed by atoms with Crippen molar-refractivity contribution in [2.24, 2.45) is 0 Å². The highest BCUT2D eigenvalue weighted by Gasteiger charge is 2.40. The maximum absolute atomic E-state index is 3.94. The van der Waals surface area contributed by atoms with Gasteiger partial charge in [0.1, 0.15) is 0 Å². The van der Waals surface area contributed by atoms with Crippen LogP contribution in [0.25, 0.3) is 33.1 Å². The summed E-state index contributed by atoms with van der Waals surface area (Å²) in [5.41, 5.74) is 15.1. The summed E-state index contributed by atoms with van der Waals surface area (Å²) in [6, 6.07) is 40.2. The Labute approximate surface area is 266 Å². The van der Waals surface area contributed by atoms with Crippen LogP contribution in [0.3, 0.4) is 0 Å². The van der Waals surface area contributed by atoms with Crippen LogP contribution in [0.1, 0.15) is 56.9 Å². The van der Waals surface area contributed by atoms with E-state index in [4.69, 9.17) is 0 Å².